The topological polar surface area (TPSA) is 3.24 Å². The van der Waals surface area contributed by atoms with Crippen molar-refractivity contribution < 1.29 is 0 Å². The Bertz CT molecular complexity index is 324. The minimum absolute atomic E-state index is 0.747. The molecule has 1 aliphatic heterocycles. The van der Waals surface area contributed by atoms with Crippen molar-refractivity contribution in [1.82, 2.24) is 0 Å². The predicted octanol–water partition coefficient (Wildman–Crippen LogP) is 3.88. The van der Waals surface area contributed by atoms with Gasteiger partial charge in [0.25, 0.3) is 0 Å². The number of nitrogens with zero attached hydrogens (tertiary/aromatic N) is 1. The van der Waals surface area contributed by atoms with Gasteiger partial charge in [-0.25, -0.2) is 0 Å². The van der Waals surface area contributed by atoms with Crippen molar-refractivity contribution in [2.75, 3.05) is 18.0 Å². The fraction of sp³-hybridized carbons (Fsp3) is 0.600. The molecule has 1 heteroatoms. The molecule has 0 unspecified atom stereocenters. The molecule has 88 valence electrons. The van der Waals surface area contributed by atoms with E-state index >= 15 is 0 Å². The monoisotopic (exact) mass is 217 g/mol. The Kier molecular flexibility index (Phi) is 3.87. The first kappa shape index (κ1) is 11.5. The largest absolute Gasteiger partial charge is 0.372 e. The van der Waals surface area contributed by atoms with E-state index in [0.717, 1.165) is 5.92 Å². The molecule has 0 bridgehead atoms. The number of piperidine rings is 1. The summed E-state index contributed by atoms with van der Waals surface area (Å²) >= 11 is 0. The molecule has 1 saturated heterocycles. The third-order valence-electron chi connectivity index (χ3n) is 3.28. The summed E-state index contributed by atoms with van der Waals surface area (Å²) < 4.78 is 0. The Labute approximate surface area is 99.5 Å². The molecule has 0 amide bonds. The minimum atomic E-state index is 0.747. The van der Waals surface area contributed by atoms with Crippen LogP contribution in [0.3, 0.4) is 0 Å². The number of hydrogen-bond donors (Lipinski definition) is 0. The second-order valence-corrected chi connectivity index (χ2v) is 5.32. The van der Waals surface area contributed by atoms with E-state index in [4.69, 9.17) is 0 Å². The van der Waals surface area contributed by atoms with Gasteiger partial charge in [0.15, 0.2) is 0 Å². The van der Waals surface area contributed by atoms with Gasteiger partial charge in [0.1, 0.15) is 0 Å². The van der Waals surface area contributed by atoms with Crippen LogP contribution in [0.5, 0.6) is 0 Å². The van der Waals surface area contributed by atoms with Gasteiger partial charge in [-0.3, -0.25) is 0 Å². The van der Waals surface area contributed by atoms with Crippen LogP contribution in [0.15, 0.2) is 24.3 Å². The number of hydrogen-bond acceptors (Lipinski definition) is 1. The van der Waals surface area contributed by atoms with Gasteiger partial charge in [0, 0.05) is 18.8 Å². The van der Waals surface area contributed by atoms with E-state index in [0.29, 0.717) is 0 Å². The molecule has 0 aliphatic carbocycles. The minimum Gasteiger partial charge on any atom is -0.372 e. The fourth-order valence-electron chi connectivity index (χ4n) is 2.50. The number of anilines is 1. The van der Waals surface area contributed by atoms with Crippen molar-refractivity contribution >= 4 is 5.69 Å². The van der Waals surface area contributed by atoms with Crippen molar-refractivity contribution in [2.45, 2.75) is 39.5 Å². The van der Waals surface area contributed by atoms with E-state index in [1.807, 2.05) is 0 Å². The van der Waals surface area contributed by atoms with Gasteiger partial charge in [-0.15, -0.1) is 0 Å². The van der Waals surface area contributed by atoms with E-state index in [1.54, 1.807) is 0 Å². The van der Waals surface area contributed by atoms with E-state index in [-0.39, 0.29) is 0 Å². The van der Waals surface area contributed by atoms with Crippen molar-refractivity contribution in [3.8, 4) is 0 Å². The molecular weight excluding hydrogens is 194 g/mol. The van der Waals surface area contributed by atoms with Gasteiger partial charge in [-0.05, 0) is 49.3 Å². The molecule has 1 heterocycles. The lowest BCUT2D eigenvalue weighted by atomic mass is 10.0. The molecule has 1 aliphatic rings. The zero-order valence-electron chi connectivity index (χ0n) is 10.6. The highest BCUT2D eigenvalue weighted by atomic mass is 15.1. The molecule has 0 radical (unpaired) electrons. The molecule has 0 N–H and O–H groups in total. The smallest absolute Gasteiger partial charge is 0.0368 e. The lowest BCUT2D eigenvalue weighted by Gasteiger charge is -2.29. The zero-order chi connectivity index (χ0) is 11.4. The van der Waals surface area contributed by atoms with Crippen LogP contribution in [0.1, 0.15) is 38.7 Å². The SMILES string of the molecule is CC(C)Cc1cccc(N2CCCCC2)c1. The first-order valence-corrected chi connectivity index (χ1v) is 6.59. The van der Waals surface area contributed by atoms with Crippen LogP contribution in [0.4, 0.5) is 5.69 Å². The third-order valence-corrected chi connectivity index (χ3v) is 3.28. The Balaban J connectivity index is 2.08. The fourth-order valence-corrected chi connectivity index (χ4v) is 2.50. The number of benzene rings is 1. The van der Waals surface area contributed by atoms with Gasteiger partial charge in [-0.1, -0.05) is 26.0 Å². The molecule has 1 fully saturated rings. The van der Waals surface area contributed by atoms with Crippen LogP contribution in [-0.2, 0) is 6.42 Å². The molecule has 0 saturated carbocycles. The highest BCUT2D eigenvalue weighted by Crippen LogP contribution is 2.21. The summed E-state index contributed by atoms with van der Waals surface area (Å²) in [4.78, 5) is 2.54. The highest BCUT2D eigenvalue weighted by Gasteiger charge is 2.11. The first-order valence-electron chi connectivity index (χ1n) is 6.59. The summed E-state index contributed by atoms with van der Waals surface area (Å²) in [6.07, 6.45) is 5.31. The van der Waals surface area contributed by atoms with Crippen LogP contribution in [-0.4, -0.2) is 13.1 Å². The maximum atomic E-state index is 2.54. The summed E-state index contributed by atoms with van der Waals surface area (Å²) in [7, 11) is 0. The maximum Gasteiger partial charge on any atom is 0.0368 e. The summed E-state index contributed by atoms with van der Waals surface area (Å²) in [5.41, 5.74) is 2.91. The third kappa shape index (κ3) is 3.01. The Morgan fingerprint density at radius 1 is 1.12 bits per heavy atom. The standard InChI is InChI=1S/C15H23N/c1-13(2)11-14-7-6-8-15(12-14)16-9-4-3-5-10-16/h6-8,12-13H,3-5,9-11H2,1-2H3. The molecule has 1 aromatic rings. The van der Waals surface area contributed by atoms with Crippen molar-refractivity contribution in [3.63, 3.8) is 0 Å². The Hall–Kier alpha value is -0.980. The van der Waals surface area contributed by atoms with E-state index in [2.05, 4.69) is 43.0 Å². The van der Waals surface area contributed by atoms with Crippen LogP contribution in [0.2, 0.25) is 0 Å². The predicted molar refractivity (Wildman–Crippen MR) is 71.0 cm³/mol. The van der Waals surface area contributed by atoms with Crippen LogP contribution >= 0.6 is 0 Å². The van der Waals surface area contributed by atoms with E-state index in [9.17, 15) is 0 Å². The summed E-state index contributed by atoms with van der Waals surface area (Å²) in [6, 6.07) is 9.11. The maximum absolute atomic E-state index is 2.54. The lowest BCUT2D eigenvalue weighted by molar-refractivity contribution is 0.577. The normalized spacial score (nSPS) is 16.8. The van der Waals surface area contributed by atoms with E-state index in [1.165, 1.54) is 50.0 Å². The highest BCUT2D eigenvalue weighted by molar-refractivity contribution is 5.48. The molecule has 0 aromatic heterocycles. The Morgan fingerprint density at radius 2 is 1.88 bits per heavy atom. The van der Waals surface area contributed by atoms with Crippen LogP contribution in [0.25, 0.3) is 0 Å². The first-order chi connectivity index (χ1) is 7.75. The zero-order valence-corrected chi connectivity index (χ0v) is 10.6. The second-order valence-electron chi connectivity index (χ2n) is 5.32. The molecule has 16 heavy (non-hydrogen) atoms. The van der Waals surface area contributed by atoms with Crippen molar-refractivity contribution in [2.24, 2.45) is 5.92 Å². The summed E-state index contributed by atoms with van der Waals surface area (Å²) in [6.45, 7) is 7.05. The quantitative estimate of drug-likeness (QED) is 0.742. The summed E-state index contributed by atoms with van der Waals surface area (Å²) in [5, 5.41) is 0. The lowest BCUT2D eigenvalue weighted by Crippen LogP contribution is -2.29. The van der Waals surface area contributed by atoms with Gasteiger partial charge in [-0.2, -0.15) is 0 Å². The molecule has 0 spiro atoms. The second kappa shape index (κ2) is 5.38. The van der Waals surface area contributed by atoms with Gasteiger partial charge in [0.05, 0.1) is 0 Å². The molecular formula is C15H23N. The molecule has 0 atom stereocenters. The van der Waals surface area contributed by atoms with Gasteiger partial charge < -0.3 is 4.90 Å². The van der Waals surface area contributed by atoms with Crippen LogP contribution < -0.4 is 4.90 Å². The molecule has 2 rings (SSSR count). The van der Waals surface area contributed by atoms with Gasteiger partial charge >= 0.3 is 0 Å². The van der Waals surface area contributed by atoms with Crippen molar-refractivity contribution in [1.29, 1.82) is 0 Å². The molecule has 1 aromatic carbocycles. The molecule has 1 nitrogen and oxygen atoms in total. The number of rotatable bonds is 3. The Morgan fingerprint density at radius 3 is 2.56 bits per heavy atom. The average Bonchev–Trinajstić information content (AvgIpc) is 2.30. The summed E-state index contributed by atoms with van der Waals surface area (Å²) in [5.74, 6) is 0.747. The van der Waals surface area contributed by atoms with Crippen LogP contribution in [0, 0.1) is 5.92 Å². The van der Waals surface area contributed by atoms with E-state index < -0.39 is 0 Å². The van der Waals surface area contributed by atoms with Crippen molar-refractivity contribution in [3.05, 3.63) is 29.8 Å². The van der Waals surface area contributed by atoms with Gasteiger partial charge in [0.2, 0.25) is 0 Å². The average molecular weight is 217 g/mol.